The number of hydrogen-bond acceptors (Lipinski definition) is 6. The number of nitrogens with one attached hydrogen (secondary N) is 2. The van der Waals surface area contributed by atoms with Crippen molar-refractivity contribution >= 4 is 22.1 Å². The lowest BCUT2D eigenvalue weighted by Crippen LogP contribution is -1.90. The van der Waals surface area contributed by atoms with Crippen LogP contribution < -0.4 is 0 Å². The third-order valence-electron chi connectivity index (χ3n) is 5.48. The fraction of sp³-hybridized carbons (Fsp3) is 0.130. The second kappa shape index (κ2) is 7.09. The van der Waals surface area contributed by atoms with Gasteiger partial charge in [-0.15, -0.1) is 0 Å². The van der Waals surface area contributed by atoms with Crippen LogP contribution in [0.3, 0.4) is 0 Å². The van der Waals surface area contributed by atoms with Gasteiger partial charge >= 0.3 is 0 Å². The minimum absolute atomic E-state index is 0.635. The highest BCUT2D eigenvalue weighted by molar-refractivity contribution is 5.95. The molecular weight excluding hydrogens is 402 g/mol. The zero-order valence-corrected chi connectivity index (χ0v) is 17.5. The molecule has 6 heterocycles. The molecule has 0 fully saturated rings. The zero-order chi connectivity index (χ0) is 21.7. The summed E-state index contributed by atoms with van der Waals surface area (Å²) in [5, 5.41) is 12.1. The molecule has 0 aliphatic heterocycles. The summed E-state index contributed by atoms with van der Waals surface area (Å²) in [7, 11) is 1.92. The Morgan fingerprint density at radius 1 is 0.969 bits per heavy atom. The van der Waals surface area contributed by atoms with Crippen LogP contribution in [-0.2, 0) is 13.5 Å². The monoisotopic (exact) mass is 421 g/mol. The molecule has 0 saturated heterocycles. The fourth-order valence-corrected chi connectivity index (χ4v) is 3.99. The Balaban J connectivity index is 1.51. The molecule has 6 rings (SSSR count). The maximum Gasteiger partial charge on any atom is 0.161 e. The van der Waals surface area contributed by atoms with Crippen molar-refractivity contribution in [3.63, 3.8) is 0 Å². The number of pyridine rings is 3. The molecule has 6 aromatic rings. The summed E-state index contributed by atoms with van der Waals surface area (Å²) in [6, 6.07) is 9.75. The summed E-state index contributed by atoms with van der Waals surface area (Å²) < 4.78 is 1.82. The first-order valence-electron chi connectivity index (χ1n) is 10.3. The standard InChI is InChI=1S/C23H19N9/c1-3-15-14(12-32(2)31-15)16-6-7-18-21(26-16)22(30-29-18)23-27-17-8-10-25-19(20(17)28-23)13-5-4-9-24-11-13/h4-12H,3H2,1-2H3,(H,27,28)(H,29,30). The van der Waals surface area contributed by atoms with Gasteiger partial charge in [-0.3, -0.25) is 19.7 Å². The van der Waals surface area contributed by atoms with Crippen LogP contribution >= 0.6 is 0 Å². The van der Waals surface area contributed by atoms with Crippen molar-refractivity contribution in [1.82, 2.24) is 44.9 Å². The van der Waals surface area contributed by atoms with E-state index in [-0.39, 0.29) is 0 Å². The van der Waals surface area contributed by atoms with E-state index in [1.807, 2.05) is 48.3 Å². The van der Waals surface area contributed by atoms with Crippen molar-refractivity contribution in [1.29, 1.82) is 0 Å². The number of nitrogens with zero attached hydrogens (tertiary/aromatic N) is 7. The molecule has 0 aliphatic carbocycles. The Morgan fingerprint density at radius 3 is 2.72 bits per heavy atom. The molecule has 0 radical (unpaired) electrons. The molecule has 2 N–H and O–H groups in total. The molecule has 32 heavy (non-hydrogen) atoms. The number of H-pyrrole nitrogens is 2. The van der Waals surface area contributed by atoms with E-state index in [2.05, 4.69) is 37.2 Å². The van der Waals surface area contributed by atoms with Crippen molar-refractivity contribution in [3.8, 4) is 34.0 Å². The third-order valence-corrected chi connectivity index (χ3v) is 5.48. The van der Waals surface area contributed by atoms with Crippen LogP contribution in [0.25, 0.3) is 56.1 Å². The molecule has 6 aromatic heterocycles. The first-order valence-corrected chi connectivity index (χ1v) is 10.3. The summed E-state index contributed by atoms with van der Waals surface area (Å²) in [5.41, 5.74) is 8.49. The van der Waals surface area contributed by atoms with Gasteiger partial charge < -0.3 is 4.98 Å². The van der Waals surface area contributed by atoms with E-state index >= 15 is 0 Å². The van der Waals surface area contributed by atoms with Crippen LogP contribution in [0.5, 0.6) is 0 Å². The van der Waals surface area contributed by atoms with Crippen LogP contribution in [0.2, 0.25) is 0 Å². The summed E-state index contributed by atoms with van der Waals surface area (Å²) in [4.78, 5) is 21.9. The smallest absolute Gasteiger partial charge is 0.161 e. The maximum atomic E-state index is 4.92. The second-order valence-electron chi connectivity index (χ2n) is 7.56. The Kier molecular flexibility index (Phi) is 4.07. The topological polar surface area (TPSA) is 114 Å². The number of rotatable bonds is 4. The van der Waals surface area contributed by atoms with Crippen LogP contribution in [0, 0.1) is 0 Å². The predicted octanol–water partition coefficient (Wildman–Crippen LogP) is 3.92. The van der Waals surface area contributed by atoms with E-state index in [4.69, 9.17) is 9.97 Å². The largest absolute Gasteiger partial charge is 0.336 e. The molecule has 0 aromatic carbocycles. The third kappa shape index (κ3) is 2.86. The number of hydrogen-bond donors (Lipinski definition) is 2. The molecule has 0 spiro atoms. The normalized spacial score (nSPS) is 11.6. The molecule has 0 saturated carbocycles. The van der Waals surface area contributed by atoms with Crippen molar-refractivity contribution in [2.24, 2.45) is 7.05 Å². The number of aromatic nitrogens is 9. The number of aryl methyl sites for hydroxylation is 2. The lowest BCUT2D eigenvalue weighted by atomic mass is 10.1. The van der Waals surface area contributed by atoms with Crippen molar-refractivity contribution in [2.45, 2.75) is 13.3 Å². The van der Waals surface area contributed by atoms with Crippen molar-refractivity contribution in [2.75, 3.05) is 0 Å². The summed E-state index contributed by atoms with van der Waals surface area (Å²) in [6.45, 7) is 2.09. The summed E-state index contributed by atoms with van der Waals surface area (Å²) >= 11 is 0. The summed E-state index contributed by atoms with van der Waals surface area (Å²) in [6.07, 6.45) is 8.12. The highest BCUT2D eigenvalue weighted by atomic mass is 15.3. The van der Waals surface area contributed by atoms with Crippen molar-refractivity contribution in [3.05, 3.63) is 60.8 Å². The van der Waals surface area contributed by atoms with Crippen LogP contribution in [0.1, 0.15) is 12.6 Å². The van der Waals surface area contributed by atoms with Gasteiger partial charge in [-0.25, -0.2) is 9.97 Å². The van der Waals surface area contributed by atoms with Gasteiger partial charge in [-0.05, 0) is 36.8 Å². The first-order chi connectivity index (χ1) is 15.7. The van der Waals surface area contributed by atoms with Gasteiger partial charge in [0.25, 0.3) is 0 Å². The highest BCUT2D eigenvalue weighted by Crippen LogP contribution is 2.31. The van der Waals surface area contributed by atoms with Gasteiger partial charge in [0, 0.05) is 43.0 Å². The minimum atomic E-state index is 0.635. The lowest BCUT2D eigenvalue weighted by molar-refractivity contribution is 0.746. The van der Waals surface area contributed by atoms with E-state index in [1.54, 1.807) is 18.6 Å². The molecule has 9 nitrogen and oxygen atoms in total. The Morgan fingerprint density at radius 2 is 1.88 bits per heavy atom. The van der Waals surface area contributed by atoms with E-state index < -0.39 is 0 Å². The van der Waals surface area contributed by atoms with Gasteiger partial charge in [0.2, 0.25) is 0 Å². The highest BCUT2D eigenvalue weighted by Gasteiger charge is 2.18. The van der Waals surface area contributed by atoms with Crippen molar-refractivity contribution < 1.29 is 0 Å². The molecule has 0 aliphatic rings. The average Bonchev–Trinajstić information content (AvgIpc) is 3.54. The van der Waals surface area contributed by atoms with Gasteiger partial charge in [-0.1, -0.05) is 6.92 Å². The van der Waals surface area contributed by atoms with E-state index in [9.17, 15) is 0 Å². The molecule has 9 heteroatoms. The minimum Gasteiger partial charge on any atom is -0.336 e. The number of imidazole rings is 1. The zero-order valence-electron chi connectivity index (χ0n) is 17.5. The van der Waals surface area contributed by atoms with Gasteiger partial charge in [0.15, 0.2) is 11.5 Å². The lowest BCUT2D eigenvalue weighted by Gasteiger charge is -2.00. The average molecular weight is 421 g/mol. The van der Waals surface area contributed by atoms with Crippen LogP contribution in [-0.4, -0.2) is 44.9 Å². The Labute approximate surface area is 182 Å². The molecule has 156 valence electrons. The quantitative estimate of drug-likeness (QED) is 0.446. The second-order valence-corrected chi connectivity index (χ2v) is 7.56. The Bertz CT molecular complexity index is 1570. The molecule has 0 unspecified atom stereocenters. The van der Waals surface area contributed by atoms with Crippen LogP contribution in [0.15, 0.2) is 55.1 Å². The molecular formula is C23H19N9. The predicted molar refractivity (Wildman–Crippen MR) is 122 cm³/mol. The van der Waals surface area contributed by atoms with Gasteiger partial charge in [0.1, 0.15) is 11.0 Å². The fourth-order valence-electron chi connectivity index (χ4n) is 3.99. The summed E-state index contributed by atoms with van der Waals surface area (Å²) in [5.74, 6) is 0.635. The number of aromatic amines is 2. The first kappa shape index (κ1) is 18.4. The van der Waals surface area contributed by atoms with Crippen LogP contribution in [0.4, 0.5) is 0 Å². The van der Waals surface area contributed by atoms with E-state index in [0.717, 1.165) is 56.7 Å². The molecule has 0 bridgehead atoms. The van der Waals surface area contributed by atoms with Gasteiger partial charge in [0.05, 0.1) is 28.1 Å². The number of fused-ring (bicyclic) bond motifs is 2. The van der Waals surface area contributed by atoms with E-state index in [1.165, 1.54) is 0 Å². The van der Waals surface area contributed by atoms with E-state index in [0.29, 0.717) is 11.5 Å². The van der Waals surface area contributed by atoms with Gasteiger partial charge in [-0.2, -0.15) is 10.2 Å². The maximum absolute atomic E-state index is 4.92. The molecule has 0 atom stereocenters. The molecule has 0 amide bonds. The Hall–Kier alpha value is -4.40. The SMILES string of the molecule is CCc1nn(C)cc1-c1ccc2[nH]nc(-c3nc4c(-c5cccnc5)nccc4[nH]3)c2n1.